The van der Waals surface area contributed by atoms with E-state index >= 15 is 0 Å². The van der Waals surface area contributed by atoms with Crippen molar-refractivity contribution in [2.24, 2.45) is 0 Å². The molecule has 1 aliphatic rings. The first-order valence-corrected chi connectivity index (χ1v) is 7.21. The molecule has 1 atom stereocenters. The Labute approximate surface area is 119 Å². The average molecular weight is 275 g/mol. The maximum Gasteiger partial charge on any atom is 0.0718 e. The van der Waals surface area contributed by atoms with E-state index in [1.165, 1.54) is 16.7 Å². The molecule has 1 aliphatic heterocycles. The van der Waals surface area contributed by atoms with Gasteiger partial charge in [0.15, 0.2) is 0 Å². The van der Waals surface area contributed by atoms with Gasteiger partial charge in [-0.15, -0.1) is 11.6 Å². The third kappa shape index (κ3) is 2.70. The summed E-state index contributed by atoms with van der Waals surface area (Å²) in [5.41, 5.74) is 4.11. The van der Waals surface area contributed by atoms with E-state index in [1.807, 2.05) is 0 Å². The highest BCUT2D eigenvalue weighted by Gasteiger charge is 2.22. The minimum absolute atomic E-state index is 0.0919. The number of halogens is 1. The van der Waals surface area contributed by atoms with E-state index in [9.17, 15) is 0 Å². The van der Waals surface area contributed by atoms with E-state index < -0.39 is 0 Å². The molecule has 1 aromatic carbocycles. The standard InChI is InChI=1S/C16H19ClN2/c1-18-10-7-13-5-4-6-14(16(13)15(17)12-18)11-19-8-2-3-9-19/h2-6,8-9,15H,7,10-12H2,1H3. The molecular weight excluding hydrogens is 256 g/mol. The van der Waals surface area contributed by atoms with Gasteiger partial charge in [-0.3, -0.25) is 0 Å². The van der Waals surface area contributed by atoms with Crippen LogP contribution in [0.4, 0.5) is 0 Å². The van der Waals surface area contributed by atoms with Gasteiger partial charge in [-0.25, -0.2) is 0 Å². The summed E-state index contributed by atoms with van der Waals surface area (Å²) in [5.74, 6) is 0. The molecular formula is C16H19ClN2. The first-order valence-electron chi connectivity index (χ1n) is 6.78. The molecule has 0 radical (unpaired) electrons. The van der Waals surface area contributed by atoms with Gasteiger partial charge in [0, 0.05) is 32.0 Å². The van der Waals surface area contributed by atoms with Crippen molar-refractivity contribution in [2.75, 3.05) is 20.1 Å². The van der Waals surface area contributed by atoms with E-state index in [2.05, 4.69) is 59.2 Å². The summed E-state index contributed by atoms with van der Waals surface area (Å²) in [5, 5.41) is 0.0919. The predicted molar refractivity (Wildman–Crippen MR) is 79.8 cm³/mol. The summed E-state index contributed by atoms with van der Waals surface area (Å²) in [6.45, 7) is 2.92. The van der Waals surface area contributed by atoms with Crippen molar-refractivity contribution in [3.8, 4) is 0 Å². The van der Waals surface area contributed by atoms with Crippen LogP contribution in [0.1, 0.15) is 22.1 Å². The zero-order chi connectivity index (χ0) is 13.2. The van der Waals surface area contributed by atoms with Gasteiger partial charge in [0.25, 0.3) is 0 Å². The molecule has 2 heterocycles. The van der Waals surface area contributed by atoms with Crippen LogP contribution < -0.4 is 0 Å². The van der Waals surface area contributed by atoms with Crippen LogP contribution in [-0.4, -0.2) is 29.6 Å². The minimum Gasteiger partial charge on any atom is -0.350 e. The Hall–Kier alpha value is -1.25. The van der Waals surface area contributed by atoms with Crippen molar-refractivity contribution in [3.05, 3.63) is 59.4 Å². The molecule has 0 saturated heterocycles. The van der Waals surface area contributed by atoms with Gasteiger partial charge >= 0.3 is 0 Å². The van der Waals surface area contributed by atoms with Crippen LogP contribution >= 0.6 is 11.6 Å². The first kappa shape index (κ1) is 12.8. The highest BCUT2D eigenvalue weighted by molar-refractivity contribution is 6.21. The lowest BCUT2D eigenvalue weighted by Crippen LogP contribution is -2.22. The van der Waals surface area contributed by atoms with Crippen molar-refractivity contribution in [2.45, 2.75) is 18.3 Å². The second kappa shape index (κ2) is 5.40. The number of benzene rings is 1. The monoisotopic (exact) mass is 274 g/mol. The van der Waals surface area contributed by atoms with E-state index in [0.717, 1.165) is 26.1 Å². The molecule has 3 rings (SSSR count). The molecule has 0 spiro atoms. The number of alkyl halides is 1. The lowest BCUT2D eigenvalue weighted by Gasteiger charge is -2.18. The minimum atomic E-state index is 0.0919. The number of likely N-dealkylation sites (N-methyl/N-ethyl adjacent to an activating group) is 1. The topological polar surface area (TPSA) is 8.17 Å². The van der Waals surface area contributed by atoms with Crippen molar-refractivity contribution in [3.63, 3.8) is 0 Å². The molecule has 100 valence electrons. The smallest absolute Gasteiger partial charge is 0.0718 e. The average Bonchev–Trinajstić information content (AvgIpc) is 2.84. The van der Waals surface area contributed by atoms with Crippen LogP contribution in [0.15, 0.2) is 42.7 Å². The Morgan fingerprint density at radius 1 is 1.21 bits per heavy atom. The second-order valence-electron chi connectivity index (χ2n) is 5.33. The summed E-state index contributed by atoms with van der Waals surface area (Å²) in [4.78, 5) is 2.32. The SMILES string of the molecule is CN1CCc2cccc(Cn3cccc3)c2C(Cl)C1. The fraction of sp³-hybridized carbons (Fsp3) is 0.375. The van der Waals surface area contributed by atoms with Crippen LogP contribution in [0.5, 0.6) is 0 Å². The zero-order valence-corrected chi connectivity index (χ0v) is 12.0. The van der Waals surface area contributed by atoms with Crippen molar-refractivity contribution >= 4 is 11.6 Å². The lowest BCUT2D eigenvalue weighted by atomic mass is 9.97. The van der Waals surface area contributed by atoms with Gasteiger partial charge in [-0.05, 0) is 42.3 Å². The number of aromatic nitrogens is 1. The highest BCUT2D eigenvalue weighted by Crippen LogP contribution is 2.31. The summed E-state index contributed by atoms with van der Waals surface area (Å²) < 4.78 is 2.20. The normalized spacial score (nSPS) is 20.0. The van der Waals surface area contributed by atoms with E-state index in [4.69, 9.17) is 11.6 Å². The molecule has 0 fully saturated rings. The Morgan fingerprint density at radius 2 is 2.00 bits per heavy atom. The number of hydrogen-bond donors (Lipinski definition) is 0. The van der Waals surface area contributed by atoms with E-state index in [0.29, 0.717) is 0 Å². The number of hydrogen-bond acceptors (Lipinski definition) is 1. The van der Waals surface area contributed by atoms with E-state index in [-0.39, 0.29) is 5.38 Å². The Balaban J connectivity index is 1.98. The van der Waals surface area contributed by atoms with Crippen LogP contribution in [0.3, 0.4) is 0 Å². The molecule has 0 saturated carbocycles. The molecule has 19 heavy (non-hydrogen) atoms. The molecule has 3 heteroatoms. The Kier molecular flexibility index (Phi) is 3.63. The molecule has 0 bridgehead atoms. The molecule has 1 unspecified atom stereocenters. The Morgan fingerprint density at radius 3 is 2.79 bits per heavy atom. The van der Waals surface area contributed by atoms with Crippen LogP contribution in [0.25, 0.3) is 0 Å². The van der Waals surface area contributed by atoms with Crippen molar-refractivity contribution < 1.29 is 0 Å². The fourth-order valence-electron chi connectivity index (χ4n) is 2.86. The molecule has 2 nitrogen and oxygen atoms in total. The molecule has 1 aromatic heterocycles. The summed E-state index contributed by atoms with van der Waals surface area (Å²) in [6, 6.07) is 10.7. The van der Waals surface area contributed by atoms with Gasteiger partial charge in [0.2, 0.25) is 0 Å². The maximum atomic E-state index is 6.64. The summed E-state index contributed by atoms with van der Waals surface area (Å²) >= 11 is 6.64. The first-order chi connectivity index (χ1) is 9.24. The second-order valence-corrected chi connectivity index (χ2v) is 5.85. The predicted octanol–water partition coefficient (Wildman–Crippen LogP) is 3.30. The zero-order valence-electron chi connectivity index (χ0n) is 11.2. The van der Waals surface area contributed by atoms with Crippen LogP contribution in [0, 0.1) is 0 Å². The van der Waals surface area contributed by atoms with Crippen molar-refractivity contribution in [1.29, 1.82) is 0 Å². The number of fused-ring (bicyclic) bond motifs is 1. The van der Waals surface area contributed by atoms with Crippen LogP contribution in [0.2, 0.25) is 0 Å². The largest absolute Gasteiger partial charge is 0.350 e. The molecule has 0 aliphatic carbocycles. The van der Waals surface area contributed by atoms with Gasteiger partial charge < -0.3 is 9.47 Å². The molecule has 0 N–H and O–H groups in total. The number of rotatable bonds is 2. The quantitative estimate of drug-likeness (QED) is 0.763. The lowest BCUT2D eigenvalue weighted by molar-refractivity contribution is 0.348. The third-order valence-corrected chi connectivity index (χ3v) is 4.21. The van der Waals surface area contributed by atoms with Crippen LogP contribution in [-0.2, 0) is 13.0 Å². The van der Waals surface area contributed by atoms with Crippen molar-refractivity contribution in [1.82, 2.24) is 9.47 Å². The Bertz CT molecular complexity index is 548. The van der Waals surface area contributed by atoms with Gasteiger partial charge in [-0.1, -0.05) is 18.2 Å². The summed E-state index contributed by atoms with van der Waals surface area (Å²) in [6.07, 6.45) is 5.30. The van der Waals surface area contributed by atoms with Gasteiger partial charge in [0.1, 0.15) is 0 Å². The highest BCUT2D eigenvalue weighted by atomic mass is 35.5. The maximum absolute atomic E-state index is 6.64. The molecule has 2 aromatic rings. The fourth-order valence-corrected chi connectivity index (χ4v) is 3.38. The van der Waals surface area contributed by atoms with E-state index in [1.54, 1.807) is 0 Å². The summed E-state index contributed by atoms with van der Waals surface area (Å²) in [7, 11) is 2.15. The number of nitrogens with zero attached hydrogens (tertiary/aromatic N) is 2. The van der Waals surface area contributed by atoms with Gasteiger partial charge in [-0.2, -0.15) is 0 Å². The van der Waals surface area contributed by atoms with Gasteiger partial charge in [0.05, 0.1) is 5.38 Å². The third-order valence-electron chi connectivity index (χ3n) is 3.85. The molecule has 0 amide bonds.